The Balaban J connectivity index is 2.46. The van der Waals surface area contributed by atoms with Gasteiger partial charge in [-0.2, -0.15) is 5.10 Å². The summed E-state index contributed by atoms with van der Waals surface area (Å²) >= 11 is 0. The highest BCUT2D eigenvalue weighted by Crippen LogP contribution is 2.21. The summed E-state index contributed by atoms with van der Waals surface area (Å²) in [5, 5.41) is 14.8. The predicted octanol–water partition coefficient (Wildman–Crippen LogP) is 1.33. The lowest BCUT2D eigenvalue weighted by atomic mass is 10.2. The van der Waals surface area contributed by atoms with E-state index in [9.17, 15) is 14.9 Å². The first-order valence-electron chi connectivity index (χ1n) is 4.96. The molecule has 1 heterocycles. The molecule has 0 amide bonds. The summed E-state index contributed by atoms with van der Waals surface area (Å²) in [5.74, 6) is 4.81. The summed E-state index contributed by atoms with van der Waals surface area (Å²) in [5.41, 5.74) is 0.817. The van der Waals surface area contributed by atoms with E-state index in [0.29, 0.717) is 17.5 Å². The van der Waals surface area contributed by atoms with E-state index in [0.717, 1.165) is 0 Å². The second-order valence-corrected chi connectivity index (χ2v) is 3.31. The van der Waals surface area contributed by atoms with Gasteiger partial charge >= 0.3 is 0 Å². The zero-order valence-corrected chi connectivity index (χ0v) is 9.11. The molecular weight excluding hydrogens is 234 g/mol. The molecule has 6 nitrogen and oxygen atoms in total. The number of benzene rings is 1. The minimum absolute atomic E-state index is 0.0458. The molecule has 0 aliphatic carbocycles. The maximum absolute atomic E-state index is 10.9. The van der Waals surface area contributed by atoms with E-state index < -0.39 is 4.92 Å². The van der Waals surface area contributed by atoms with E-state index >= 15 is 0 Å². The molecule has 18 heavy (non-hydrogen) atoms. The van der Waals surface area contributed by atoms with E-state index in [1.807, 2.05) is 0 Å². The fourth-order valence-corrected chi connectivity index (χ4v) is 1.44. The number of carbonyl (C=O) groups excluding carboxylic acids is 1. The lowest BCUT2D eigenvalue weighted by Gasteiger charge is -2.01. The van der Waals surface area contributed by atoms with Crippen LogP contribution in [0.1, 0.15) is 5.56 Å². The van der Waals surface area contributed by atoms with Crippen molar-refractivity contribution in [3.63, 3.8) is 0 Å². The minimum Gasteiger partial charge on any atom is -0.289 e. The molecule has 88 valence electrons. The Morgan fingerprint density at radius 2 is 2.17 bits per heavy atom. The number of rotatable bonds is 2. The molecule has 2 aromatic rings. The maximum Gasteiger partial charge on any atom is 0.294 e. The first-order valence-corrected chi connectivity index (χ1v) is 4.96. The molecule has 0 spiro atoms. The van der Waals surface area contributed by atoms with Crippen LogP contribution in [0.4, 0.5) is 5.69 Å². The van der Waals surface area contributed by atoms with Gasteiger partial charge in [-0.3, -0.25) is 14.9 Å². The molecule has 1 aromatic heterocycles. The average molecular weight is 241 g/mol. The molecule has 2 rings (SSSR count). The molecule has 6 heteroatoms. The second-order valence-electron chi connectivity index (χ2n) is 3.31. The average Bonchev–Trinajstić information content (AvgIpc) is 2.85. The second kappa shape index (κ2) is 4.93. The van der Waals surface area contributed by atoms with Gasteiger partial charge in [-0.15, -0.1) is 0 Å². The summed E-state index contributed by atoms with van der Waals surface area (Å²) in [7, 11) is 0. The van der Waals surface area contributed by atoms with Gasteiger partial charge in [0, 0.05) is 12.3 Å². The Morgan fingerprint density at radius 1 is 1.39 bits per heavy atom. The van der Waals surface area contributed by atoms with Gasteiger partial charge in [0.25, 0.3) is 5.69 Å². The maximum atomic E-state index is 10.9. The number of aromatic nitrogens is 2. The van der Waals surface area contributed by atoms with Crippen LogP contribution in [0.3, 0.4) is 0 Å². The Morgan fingerprint density at radius 3 is 2.89 bits per heavy atom. The van der Waals surface area contributed by atoms with E-state index in [-0.39, 0.29) is 5.69 Å². The highest BCUT2D eigenvalue weighted by Gasteiger charge is 2.14. The van der Waals surface area contributed by atoms with Gasteiger partial charge in [-0.1, -0.05) is 18.1 Å². The highest BCUT2D eigenvalue weighted by atomic mass is 16.6. The van der Waals surface area contributed by atoms with Crippen LogP contribution in [-0.2, 0) is 4.79 Å². The number of aldehydes is 1. The first-order chi connectivity index (χ1) is 8.72. The molecule has 0 N–H and O–H groups in total. The van der Waals surface area contributed by atoms with Crippen molar-refractivity contribution in [3.05, 3.63) is 52.3 Å². The lowest BCUT2D eigenvalue weighted by Crippen LogP contribution is -1.99. The highest BCUT2D eigenvalue weighted by molar-refractivity contribution is 5.73. The fourth-order valence-electron chi connectivity index (χ4n) is 1.44. The molecule has 0 radical (unpaired) electrons. The number of para-hydroxylation sites is 2. The SMILES string of the molecule is O=CC#Cc1cnn(-c2ccccc2[N+](=O)[O-])c1. The van der Waals surface area contributed by atoms with E-state index in [1.54, 1.807) is 18.2 Å². The molecule has 0 unspecified atom stereocenters. The van der Waals surface area contributed by atoms with Crippen molar-refractivity contribution < 1.29 is 9.72 Å². The summed E-state index contributed by atoms with van der Waals surface area (Å²) in [4.78, 5) is 20.5. The van der Waals surface area contributed by atoms with Gasteiger partial charge in [-0.25, -0.2) is 4.68 Å². The van der Waals surface area contributed by atoms with Gasteiger partial charge in [-0.05, 0) is 12.0 Å². The van der Waals surface area contributed by atoms with E-state index in [1.165, 1.54) is 23.1 Å². The van der Waals surface area contributed by atoms with Gasteiger partial charge in [0.2, 0.25) is 0 Å². The molecular formula is C12H7N3O3. The molecule has 0 aliphatic rings. The van der Waals surface area contributed by atoms with Crippen molar-refractivity contribution >= 4 is 12.0 Å². The third kappa shape index (κ3) is 2.25. The van der Waals surface area contributed by atoms with Gasteiger partial charge in [0.1, 0.15) is 5.69 Å². The molecule has 0 aliphatic heterocycles. The van der Waals surface area contributed by atoms with Crippen LogP contribution in [0.2, 0.25) is 0 Å². The minimum atomic E-state index is -0.478. The quantitative estimate of drug-likeness (QED) is 0.344. The first kappa shape index (κ1) is 11.5. The molecule has 0 fully saturated rings. The van der Waals surface area contributed by atoms with Crippen molar-refractivity contribution in [2.45, 2.75) is 0 Å². The Kier molecular flexibility index (Phi) is 3.16. The molecule has 0 atom stereocenters. The van der Waals surface area contributed by atoms with Crippen molar-refractivity contribution in [3.8, 4) is 17.5 Å². The van der Waals surface area contributed by atoms with Crippen LogP contribution in [0.15, 0.2) is 36.7 Å². The number of nitrogens with zero attached hydrogens (tertiary/aromatic N) is 3. The topological polar surface area (TPSA) is 78.0 Å². The van der Waals surface area contributed by atoms with Crippen molar-refractivity contribution in [2.75, 3.05) is 0 Å². The largest absolute Gasteiger partial charge is 0.294 e. The molecule has 0 saturated heterocycles. The van der Waals surface area contributed by atoms with E-state index in [2.05, 4.69) is 16.9 Å². The Hall–Kier alpha value is -2.94. The molecule has 0 saturated carbocycles. The van der Waals surface area contributed by atoms with Crippen molar-refractivity contribution in [1.82, 2.24) is 9.78 Å². The van der Waals surface area contributed by atoms with E-state index in [4.69, 9.17) is 0 Å². The number of nitro benzene ring substituents is 1. The summed E-state index contributed by atoms with van der Waals surface area (Å²) in [6.07, 6.45) is 3.44. The zero-order valence-electron chi connectivity index (χ0n) is 9.11. The van der Waals surface area contributed by atoms with Gasteiger partial charge in [0.15, 0.2) is 6.29 Å². The van der Waals surface area contributed by atoms with Gasteiger partial charge < -0.3 is 0 Å². The smallest absolute Gasteiger partial charge is 0.289 e. The summed E-state index contributed by atoms with van der Waals surface area (Å²) < 4.78 is 1.35. The van der Waals surface area contributed by atoms with Crippen molar-refractivity contribution in [2.24, 2.45) is 0 Å². The molecule has 0 bridgehead atoms. The van der Waals surface area contributed by atoms with Crippen molar-refractivity contribution in [1.29, 1.82) is 0 Å². The van der Waals surface area contributed by atoms with Crippen LogP contribution in [-0.4, -0.2) is 21.0 Å². The molecule has 1 aromatic carbocycles. The van der Waals surface area contributed by atoms with Gasteiger partial charge in [0.05, 0.1) is 16.7 Å². The third-order valence-corrected chi connectivity index (χ3v) is 2.18. The standard InChI is InChI=1S/C12H7N3O3/c16-7-3-4-10-8-13-14(9-10)11-5-1-2-6-12(11)15(17)18/h1-2,5-9H. The number of carbonyl (C=O) groups is 1. The third-order valence-electron chi connectivity index (χ3n) is 2.18. The zero-order chi connectivity index (χ0) is 13.0. The van der Waals surface area contributed by atoms with Crippen LogP contribution in [0, 0.1) is 22.0 Å². The van der Waals surface area contributed by atoms with Crippen LogP contribution >= 0.6 is 0 Å². The number of hydrogen-bond acceptors (Lipinski definition) is 4. The number of nitro groups is 1. The van der Waals surface area contributed by atoms with Crippen LogP contribution in [0.5, 0.6) is 0 Å². The van der Waals surface area contributed by atoms with Crippen LogP contribution in [0.25, 0.3) is 5.69 Å². The summed E-state index contributed by atoms with van der Waals surface area (Å²) in [6.45, 7) is 0. The monoisotopic (exact) mass is 241 g/mol. The normalized spacial score (nSPS) is 9.33. The Bertz CT molecular complexity index is 664. The predicted molar refractivity (Wildman–Crippen MR) is 63.2 cm³/mol. The van der Waals surface area contributed by atoms with Crippen LogP contribution < -0.4 is 0 Å². The fraction of sp³-hybridized carbons (Fsp3) is 0. The number of hydrogen-bond donors (Lipinski definition) is 0. The lowest BCUT2D eigenvalue weighted by molar-refractivity contribution is -0.384. The Labute approximate surface area is 102 Å². The summed E-state index contributed by atoms with van der Waals surface area (Å²) in [6, 6.07) is 6.24.